The van der Waals surface area contributed by atoms with Gasteiger partial charge in [0, 0.05) is 5.69 Å². The lowest BCUT2D eigenvalue weighted by molar-refractivity contribution is -0.115. The molecule has 0 bridgehead atoms. The standard InChI is InChI=1S/C22H20ClFN2O2/c1-28-20-12-11-18(13-19(20)23)26-21(27)14-25-22(15-5-3-2-4-6-15)16-7-9-17(24)10-8-16/h2-13,22,25H,14H2,1H3,(H,26,27). The molecule has 4 nitrogen and oxygen atoms in total. The number of hydrogen-bond donors (Lipinski definition) is 2. The van der Waals surface area contributed by atoms with Gasteiger partial charge < -0.3 is 10.1 Å². The highest BCUT2D eigenvalue weighted by molar-refractivity contribution is 6.32. The van der Waals surface area contributed by atoms with E-state index in [2.05, 4.69) is 10.6 Å². The lowest BCUT2D eigenvalue weighted by Crippen LogP contribution is -2.31. The number of rotatable bonds is 7. The lowest BCUT2D eigenvalue weighted by Gasteiger charge is -2.20. The van der Waals surface area contributed by atoms with Crippen molar-refractivity contribution >= 4 is 23.2 Å². The molecule has 144 valence electrons. The van der Waals surface area contributed by atoms with Crippen LogP contribution >= 0.6 is 11.6 Å². The fourth-order valence-corrected chi connectivity index (χ4v) is 3.13. The summed E-state index contributed by atoms with van der Waals surface area (Å²) in [5.74, 6) is 0.0206. The minimum Gasteiger partial charge on any atom is -0.495 e. The zero-order valence-corrected chi connectivity index (χ0v) is 16.0. The van der Waals surface area contributed by atoms with Crippen LogP contribution in [0.5, 0.6) is 5.75 Å². The zero-order chi connectivity index (χ0) is 19.9. The number of nitrogens with one attached hydrogen (secondary N) is 2. The van der Waals surface area contributed by atoms with E-state index in [9.17, 15) is 9.18 Å². The van der Waals surface area contributed by atoms with E-state index in [0.29, 0.717) is 16.5 Å². The molecule has 0 saturated heterocycles. The summed E-state index contributed by atoms with van der Waals surface area (Å²) in [5.41, 5.74) is 2.43. The Morgan fingerprint density at radius 1 is 1.04 bits per heavy atom. The number of ether oxygens (including phenoxy) is 1. The van der Waals surface area contributed by atoms with Crippen LogP contribution in [-0.2, 0) is 4.79 Å². The Bertz CT molecular complexity index is 933. The Labute approximate surface area is 168 Å². The van der Waals surface area contributed by atoms with Gasteiger partial charge in [0.1, 0.15) is 11.6 Å². The second-order valence-electron chi connectivity index (χ2n) is 6.17. The average Bonchev–Trinajstić information content (AvgIpc) is 2.70. The van der Waals surface area contributed by atoms with E-state index < -0.39 is 0 Å². The third kappa shape index (κ3) is 5.09. The summed E-state index contributed by atoms with van der Waals surface area (Å²) in [5, 5.41) is 6.46. The molecular formula is C22H20ClFN2O2. The number of methoxy groups -OCH3 is 1. The molecule has 3 rings (SSSR count). The van der Waals surface area contributed by atoms with E-state index in [-0.39, 0.29) is 24.3 Å². The summed E-state index contributed by atoms with van der Waals surface area (Å²) in [7, 11) is 1.53. The first-order valence-corrected chi connectivity index (χ1v) is 9.12. The Morgan fingerprint density at radius 2 is 1.71 bits per heavy atom. The molecule has 28 heavy (non-hydrogen) atoms. The largest absolute Gasteiger partial charge is 0.495 e. The monoisotopic (exact) mass is 398 g/mol. The Morgan fingerprint density at radius 3 is 2.36 bits per heavy atom. The van der Waals surface area contributed by atoms with Gasteiger partial charge in [-0.3, -0.25) is 10.1 Å². The molecule has 0 aliphatic carbocycles. The number of anilines is 1. The molecule has 0 spiro atoms. The smallest absolute Gasteiger partial charge is 0.238 e. The predicted molar refractivity (Wildman–Crippen MR) is 109 cm³/mol. The first-order chi connectivity index (χ1) is 13.6. The summed E-state index contributed by atoms with van der Waals surface area (Å²) in [6.45, 7) is 0.0700. The molecule has 1 unspecified atom stereocenters. The molecular weight excluding hydrogens is 379 g/mol. The predicted octanol–water partition coefficient (Wildman–Crippen LogP) is 4.81. The van der Waals surface area contributed by atoms with Crippen LogP contribution in [0.1, 0.15) is 17.2 Å². The molecule has 1 amide bonds. The molecule has 3 aromatic rings. The first kappa shape index (κ1) is 19.9. The molecule has 1 atom stereocenters. The van der Waals surface area contributed by atoms with Crippen molar-refractivity contribution in [1.82, 2.24) is 5.32 Å². The van der Waals surface area contributed by atoms with Crippen LogP contribution in [0.25, 0.3) is 0 Å². The van der Waals surface area contributed by atoms with Crippen LogP contribution < -0.4 is 15.4 Å². The van der Waals surface area contributed by atoms with Crippen molar-refractivity contribution in [1.29, 1.82) is 0 Å². The van der Waals surface area contributed by atoms with Crippen molar-refractivity contribution in [2.45, 2.75) is 6.04 Å². The number of carbonyl (C=O) groups excluding carboxylic acids is 1. The number of benzene rings is 3. The van der Waals surface area contributed by atoms with Gasteiger partial charge in [-0.2, -0.15) is 0 Å². The summed E-state index contributed by atoms with van der Waals surface area (Å²) in [4.78, 5) is 12.4. The van der Waals surface area contributed by atoms with Gasteiger partial charge in [-0.05, 0) is 41.5 Å². The normalized spacial score (nSPS) is 11.7. The molecule has 0 heterocycles. The van der Waals surface area contributed by atoms with Crippen LogP contribution in [0, 0.1) is 5.82 Å². The molecule has 0 aliphatic heterocycles. The highest BCUT2D eigenvalue weighted by Gasteiger charge is 2.15. The molecule has 0 fully saturated rings. The highest BCUT2D eigenvalue weighted by atomic mass is 35.5. The van der Waals surface area contributed by atoms with Crippen LogP contribution in [0.4, 0.5) is 10.1 Å². The average molecular weight is 399 g/mol. The highest BCUT2D eigenvalue weighted by Crippen LogP contribution is 2.27. The van der Waals surface area contributed by atoms with Crippen molar-refractivity contribution in [2.75, 3.05) is 19.0 Å². The lowest BCUT2D eigenvalue weighted by atomic mass is 9.98. The summed E-state index contributed by atoms with van der Waals surface area (Å²) < 4.78 is 18.4. The van der Waals surface area contributed by atoms with Gasteiger partial charge in [-0.15, -0.1) is 0 Å². The number of halogens is 2. The van der Waals surface area contributed by atoms with Crippen molar-refractivity contribution in [3.8, 4) is 5.75 Å². The topological polar surface area (TPSA) is 50.4 Å². The van der Waals surface area contributed by atoms with Gasteiger partial charge in [0.25, 0.3) is 0 Å². The van der Waals surface area contributed by atoms with Gasteiger partial charge in [0.15, 0.2) is 0 Å². The zero-order valence-electron chi connectivity index (χ0n) is 15.3. The fraction of sp³-hybridized carbons (Fsp3) is 0.136. The van der Waals surface area contributed by atoms with Crippen molar-refractivity contribution < 1.29 is 13.9 Å². The Balaban J connectivity index is 1.70. The van der Waals surface area contributed by atoms with Crippen molar-refractivity contribution in [3.63, 3.8) is 0 Å². The van der Waals surface area contributed by atoms with E-state index in [1.165, 1.54) is 19.2 Å². The third-order valence-corrected chi connectivity index (χ3v) is 4.53. The Kier molecular flexibility index (Phi) is 6.63. The van der Waals surface area contributed by atoms with Crippen LogP contribution in [0.2, 0.25) is 5.02 Å². The first-order valence-electron chi connectivity index (χ1n) is 8.74. The molecule has 6 heteroatoms. The van der Waals surface area contributed by atoms with Crippen molar-refractivity contribution in [3.05, 3.63) is 94.8 Å². The van der Waals surface area contributed by atoms with Gasteiger partial charge in [0.2, 0.25) is 5.91 Å². The van der Waals surface area contributed by atoms with E-state index in [0.717, 1.165) is 11.1 Å². The Hall–Kier alpha value is -2.89. The van der Waals surface area contributed by atoms with Gasteiger partial charge in [-0.1, -0.05) is 54.1 Å². The number of hydrogen-bond acceptors (Lipinski definition) is 3. The molecule has 0 radical (unpaired) electrons. The SMILES string of the molecule is COc1ccc(NC(=O)CNC(c2ccccc2)c2ccc(F)cc2)cc1Cl. The number of amides is 1. The maximum atomic E-state index is 13.3. The van der Waals surface area contributed by atoms with E-state index in [1.807, 2.05) is 30.3 Å². The summed E-state index contributed by atoms with van der Waals surface area (Å²) in [6, 6.07) is 20.7. The molecule has 0 aliphatic rings. The minimum atomic E-state index is -0.301. The maximum Gasteiger partial charge on any atom is 0.238 e. The van der Waals surface area contributed by atoms with Crippen LogP contribution in [-0.4, -0.2) is 19.6 Å². The van der Waals surface area contributed by atoms with E-state index in [4.69, 9.17) is 16.3 Å². The quantitative estimate of drug-likeness (QED) is 0.600. The molecule has 2 N–H and O–H groups in total. The van der Waals surface area contributed by atoms with Crippen LogP contribution in [0.3, 0.4) is 0 Å². The summed E-state index contributed by atoms with van der Waals surface area (Å²) >= 11 is 6.09. The maximum absolute atomic E-state index is 13.3. The van der Waals surface area contributed by atoms with Crippen molar-refractivity contribution in [2.24, 2.45) is 0 Å². The van der Waals surface area contributed by atoms with Gasteiger partial charge >= 0.3 is 0 Å². The van der Waals surface area contributed by atoms with E-state index in [1.54, 1.807) is 30.3 Å². The van der Waals surface area contributed by atoms with Gasteiger partial charge in [-0.25, -0.2) is 4.39 Å². The molecule has 3 aromatic carbocycles. The second kappa shape index (κ2) is 9.35. The second-order valence-corrected chi connectivity index (χ2v) is 6.58. The number of carbonyl (C=O) groups is 1. The van der Waals surface area contributed by atoms with Crippen LogP contribution in [0.15, 0.2) is 72.8 Å². The molecule has 0 saturated carbocycles. The van der Waals surface area contributed by atoms with E-state index >= 15 is 0 Å². The van der Waals surface area contributed by atoms with Gasteiger partial charge in [0.05, 0.1) is 24.7 Å². The fourth-order valence-electron chi connectivity index (χ4n) is 2.87. The summed E-state index contributed by atoms with van der Waals surface area (Å²) in [6.07, 6.45) is 0. The third-order valence-electron chi connectivity index (χ3n) is 4.24. The minimum absolute atomic E-state index is 0.0700. The molecule has 0 aromatic heterocycles.